The Morgan fingerprint density at radius 3 is 2.60 bits per heavy atom. The molecule has 1 aromatic carbocycles. The quantitative estimate of drug-likeness (QED) is 0.656. The lowest BCUT2D eigenvalue weighted by Crippen LogP contribution is -2.14. The summed E-state index contributed by atoms with van der Waals surface area (Å²) >= 11 is 1.24. The number of aliphatic hydroxyl groups is 3. The van der Waals surface area contributed by atoms with Crippen LogP contribution in [-0.2, 0) is 6.61 Å². The van der Waals surface area contributed by atoms with Crippen LogP contribution in [0.1, 0.15) is 5.56 Å². The predicted octanol–water partition coefficient (Wildman–Crippen LogP) is 0.763. The molecule has 0 amide bonds. The molecule has 0 saturated carbocycles. The van der Waals surface area contributed by atoms with Crippen LogP contribution in [0.15, 0.2) is 23.1 Å². The molecule has 3 N–H and O–H groups in total. The molecule has 1 rings (SSSR count). The van der Waals surface area contributed by atoms with Crippen LogP contribution < -0.4 is 0 Å². The van der Waals surface area contributed by atoms with Crippen LogP contribution in [0.25, 0.3) is 0 Å². The van der Waals surface area contributed by atoms with E-state index in [4.69, 9.17) is 15.3 Å². The Kier molecular flexibility index (Phi) is 5.04. The smallest absolute Gasteiger partial charge is 0.124 e. The van der Waals surface area contributed by atoms with Gasteiger partial charge in [0.25, 0.3) is 0 Å². The number of aliphatic hydroxyl groups excluding tert-OH is 3. The molecule has 15 heavy (non-hydrogen) atoms. The van der Waals surface area contributed by atoms with Crippen molar-refractivity contribution < 1.29 is 19.7 Å². The van der Waals surface area contributed by atoms with Crippen LogP contribution in [0.4, 0.5) is 4.39 Å². The third-order valence-corrected chi connectivity index (χ3v) is 2.89. The molecular weight excluding hydrogens is 219 g/mol. The second-order valence-corrected chi connectivity index (χ2v) is 4.19. The fraction of sp³-hybridized carbons (Fsp3) is 0.400. The van der Waals surface area contributed by atoms with Crippen LogP contribution in [0.2, 0.25) is 0 Å². The maximum atomic E-state index is 13.0. The van der Waals surface area contributed by atoms with E-state index in [-0.39, 0.29) is 13.2 Å². The monoisotopic (exact) mass is 232 g/mol. The van der Waals surface area contributed by atoms with Crippen molar-refractivity contribution in [2.24, 2.45) is 0 Å². The van der Waals surface area contributed by atoms with Crippen LogP contribution in [0, 0.1) is 5.82 Å². The molecule has 0 spiro atoms. The number of hydrogen-bond donors (Lipinski definition) is 3. The highest BCUT2D eigenvalue weighted by Crippen LogP contribution is 2.21. The van der Waals surface area contributed by atoms with E-state index in [0.717, 1.165) is 0 Å². The zero-order valence-corrected chi connectivity index (χ0v) is 8.88. The van der Waals surface area contributed by atoms with Gasteiger partial charge in [-0.1, -0.05) is 0 Å². The highest BCUT2D eigenvalue weighted by atomic mass is 32.2. The average Bonchev–Trinajstić information content (AvgIpc) is 2.25. The van der Waals surface area contributed by atoms with Crippen molar-refractivity contribution in [3.05, 3.63) is 29.6 Å². The molecule has 0 aromatic heterocycles. The lowest BCUT2D eigenvalue weighted by molar-refractivity contribution is 0.113. The summed E-state index contributed by atoms with van der Waals surface area (Å²) in [6.07, 6.45) is -0.809. The minimum absolute atomic E-state index is 0.214. The molecule has 0 fully saturated rings. The maximum Gasteiger partial charge on any atom is 0.124 e. The van der Waals surface area contributed by atoms with Gasteiger partial charge in [-0.25, -0.2) is 4.39 Å². The van der Waals surface area contributed by atoms with Crippen molar-refractivity contribution in [2.75, 3.05) is 12.4 Å². The molecule has 0 aliphatic heterocycles. The summed E-state index contributed by atoms with van der Waals surface area (Å²) < 4.78 is 13.0. The van der Waals surface area contributed by atoms with E-state index in [1.165, 1.54) is 23.9 Å². The van der Waals surface area contributed by atoms with E-state index in [0.29, 0.717) is 16.2 Å². The molecule has 1 atom stereocenters. The molecule has 1 aromatic rings. The van der Waals surface area contributed by atoms with E-state index in [2.05, 4.69) is 0 Å². The van der Waals surface area contributed by atoms with Crippen molar-refractivity contribution in [1.82, 2.24) is 0 Å². The molecule has 0 aliphatic carbocycles. The van der Waals surface area contributed by atoms with E-state index >= 15 is 0 Å². The van der Waals surface area contributed by atoms with E-state index in [9.17, 15) is 4.39 Å². The summed E-state index contributed by atoms with van der Waals surface area (Å²) in [5.41, 5.74) is 0.496. The second kappa shape index (κ2) is 6.07. The molecule has 0 aliphatic rings. The summed E-state index contributed by atoms with van der Waals surface area (Å²) in [4.78, 5) is 0.631. The van der Waals surface area contributed by atoms with Gasteiger partial charge in [0.1, 0.15) is 5.82 Å². The molecule has 0 radical (unpaired) electrons. The van der Waals surface area contributed by atoms with Gasteiger partial charge in [0.15, 0.2) is 0 Å². The molecule has 0 saturated heterocycles. The van der Waals surface area contributed by atoms with Gasteiger partial charge in [0.2, 0.25) is 0 Å². The van der Waals surface area contributed by atoms with Crippen LogP contribution >= 0.6 is 11.8 Å². The van der Waals surface area contributed by atoms with Gasteiger partial charge in [-0.2, -0.15) is 0 Å². The maximum absolute atomic E-state index is 13.0. The van der Waals surface area contributed by atoms with Gasteiger partial charge < -0.3 is 15.3 Å². The van der Waals surface area contributed by atoms with Crippen LogP contribution in [-0.4, -0.2) is 33.8 Å². The fourth-order valence-electron chi connectivity index (χ4n) is 1.04. The van der Waals surface area contributed by atoms with Crippen molar-refractivity contribution in [2.45, 2.75) is 17.6 Å². The SMILES string of the molecule is OCc1cc(F)cc(SCC(O)CO)c1. The first-order valence-corrected chi connectivity index (χ1v) is 5.46. The van der Waals surface area contributed by atoms with Crippen LogP contribution in [0.5, 0.6) is 0 Å². The lowest BCUT2D eigenvalue weighted by atomic mass is 10.2. The summed E-state index contributed by atoms with van der Waals surface area (Å²) in [6.45, 7) is -0.525. The standard InChI is InChI=1S/C10H13FO3S/c11-8-1-7(4-12)2-10(3-8)15-6-9(14)5-13/h1-3,9,12-14H,4-6H2. The second-order valence-electron chi connectivity index (χ2n) is 3.10. The highest BCUT2D eigenvalue weighted by Gasteiger charge is 2.05. The first-order chi connectivity index (χ1) is 7.15. The van der Waals surface area contributed by atoms with Gasteiger partial charge in [0, 0.05) is 10.6 Å². The topological polar surface area (TPSA) is 60.7 Å². The predicted molar refractivity (Wildman–Crippen MR) is 56.1 cm³/mol. The Bertz CT molecular complexity index is 320. The lowest BCUT2D eigenvalue weighted by Gasteiger charge is -2.07. The summed E-state index contributed by atoms with van der Waals surface area (Å²) in [5.74, 6) is -0.118. The van der Waals surface area contributed by atoms with E-state index in [1.807, 2.05) is 0 Å². The van der Waals surface area contributed by atoms with Gasteiger partial charge >= 0.3 is 0 Å². The Labute approximate surface area is 91.6 Å². The third kappa shape index (κ3) is 4.17. The Balaban J connectivity index is 2.64. The Morgan fingerprint density at radius 1 is 1.27 bits per heavy atom. The molecule has 0 bridgehead atoms. The van der Waals surface area contributed by atoms with Gasteiger partial charge in [-0.15, -0.1) is 11.8 Å². The normalized spacial score (nSPS) is 12.8. The van der Waals surface area contributed by atoms with E-state index < -0.39 is 11.9 Å². The number of rotatable bonds is 5. The summed E-state index contributed by atoms with van der Waals surface area (Å²) in [5, 5.41) is 26.5. The summed E-state index contributed by atoms with van der Waals surface area (Å²) in [6, 6.07) is 4.23. The minimum atomic E-state index is -0.809. The minimum Gasteiger partial charge on any atom is -0.394 e. The Morgan fingerprint density at radius 2 is 2.00 bits per heavy atom. The average molecular weight is 232 g/mol. The zero-order valence-electron chi connectivity index (χ0n) is 8.06. The molecule has 3 nitrogen and oxygen atoms in total. The molecule has 84 valence electrons. The first-order valence-electron chi connectivity index (χ1n) is 4.47. The van der Waals surface area contributed by atoms with Gasteiger partial charge in [-0.05, 0) is 23.8 Å². The van der Waals surface area contributed by atoms with Crippen LogP contribution in [0.3, 0.4) is 0 Å². The third-order valence-electron chi connectivity index (χ3n) is 1.77. The molecular formula is C10H13FO3S. The van der Waals surface area contributed by atoms with Gasteiger partial charge in [0.05, 0.1) is 19.3 Å². The molecule has 5 heteroatoms. The zero-order chi connectivity index (χ0) is 11.3. The fourth-order valence-corrected chi connectivity index (χ4v) is 1.96. The van der Waals surface area contributed by atoms with Crippen molar-refractivity contribution >= 4 is 11.8 Å². The van der Waals surface area contributed by atoms with Crippen molar-refractivity contribution in [3.63, 3.8) is 0 Å². The van der Waals surface area contributed by atoms with Crippen molar-refractivity contribution in [1.29, 1.82) is 0 Å². The highest BCUT2D eigenvalue weighted by molar-refractivity contribution is 7.99. The molecule has 1 unspecified atom stereocenters. The number of hydrogen-bond acceptors (Lipinski definition) is 4. The van der Waals surface area contributed by atoms with Gasteiger partial charge in [-0.3, -0.25) is 0 Å². The van der Waals surface area contributed by atoms with Crippen molar-refractivity contribution in [3.8, 4) is 0 Å². The Hall–Kier alpha value is -0.620. The largest absolute Gasteiger partial charge is 0.394 e. The molecule has 0 heterocycles. The summed E-state index contributed by atoms with van der Waals surface area (Å²) in [7, 11) is 0. The number of benzene rings is 1. The van der Waals surface area contributed by atoms with E-state index in [1.54, 1.807) is 6.07 Å². The number of thioether (sulfide) groups is 1. The first kappa shape index (κ1) is 12.4. The number of halogens is 1.